The molecule has 0 radical (unpaired) electrons. The van der Waals surface area contributed by atoms with E-state index in [1.807, 2.05) is 6.58 Å². The Balaban J connectivity index is 0. The van der Waals surface area contributed by atoms with Gasteiger partial charge in [0.2, 0.25) is 0 Å². The highest BCUT2D eigenvalue weighted by Crippen LogP contribution is 2.38. The fraction of sp³-hybridized carbons (Fsp3) is 0.556. The van der Waals surface area contributed by atoms with Crippen LogP contribution in [0.5, 0.6) is 0 Å². The lowest BCUT2D eigenvalue weighted by Crippen LogP contribution is -2.41. The normalized spacial score (nSPS) is 14.1. The summed E-state index contributed by atoms with van der Waals surface area (Å²) in [5.74, 6) is -2.62. The van der Waals surface area contributed by atoms with Gasteiger partial charge in [-0.15, -0.1) is 0 Å². The number of hydrogen-bond acceptors (Lipinski definition) is 1. The Morgan fingerprint density at radius 2 is 1.40 bits per heavy atom. The number of alkyl halides is 8. The molecular formula is C9H8F10O. The smallest absolute Gasteiger partial charge is 0.301 e. The molecule has 0 rings (SSSR count). The number of halogens is 10. The maximum Gasteiger partial charge on any atom is 0.415 e. The zero-order chi connectivity index (χ0) is 16.8. The van der Waals surface area contributed by atoms with Gasteiger partial charge >= 0.3 is 18.5 Å². The van der Waals surface area contributed by atoms with Gasteiger partial charge in [0, 0.05) is 0 Å². The van der Waals surface area contributed by atoms with E-state index < -0.39 is 36.8 Å². The van der Waals surface area contributed by atoms with Crippen molar-refractivity contribution in [3.8, 4) is 0 Å². The van der Waals surface area contributed by atoms with Gasteiger partial charge in [0.1, 0.15) is 0 Å². The average molecular weight is 322 g/mol. The predicted molar refractivity (Wildman–Crippen MR) is 48.1 cm³/mol. The minimum atomic E-state index is -5.71. The van der Waals surface area contributed by atoms with E-state index in [9.17, 15) is 43.9 Å². The largest absolute Gasteiger partial charge is 0.415 e. The molecule has 0 N–H and O–H groups in total. The summed E-state index contributed by atoms with van der Waals surface area (Å²) in [4.78, 5) is 0. The molecule has 1 nitrogen and oxygen atoms in total. The Bertz CT molecular complexity index is 316. The van der Waals surface area contributed by atoms with Crippen molar-refractivity contribution in [3.63, 3.8) is 0 Å². The molecule has 1 unspecified atom stereocenters. The summed E-state index contributed by atoms with van der Waals surface area (Å²) in [7, 11) is 0. The lowest BCUT2D eigenvalue weighted by Gasteiger charge is -2.25. The third-order valence-electron chi connectivity index (χ3n) is 1.39. The molecule has 0 spiro atoms. The fourth-order valence-corrected chi connectivity index (χ4v) is 0.677. The van der Waals surface area contributed by atoms with Gasteiger partial charge in [0.25, 0.3) is 0 Å². The summed E-state index contributed by atoms with van der Waals surface area (Å²) in [6, 6.07) is 0. The third-order valence-corrected chi connectivity index (χ3v) is 1.39. The quantitative estimate of drug-likeness (QED) is 0.657. The van der Waals surface area contributed by atoms with Crippen LogP contribution in [0.15, 0.2) is 25.3 Å². The van der Waals surface area contributed by atoms with Crippen LogP contribution in [0.1, 0.15) is 6.42 Å². The molecule has 1 atom stereocenters. The van der Waals surface area contributed by atoms with Crippen molar-refractivity contribution in [2.75, 3.05) is 0 Å². The van der Waals surface area contributed by atoms with Crippen molar-refractivity contribution in [1.29, 1.82) is 0 Å². The standard InChI is InChI=1S/C7H5F9O.C2H3F/c1-3(8)7(15,16)17-4(6(12,13)14)2-5(9,10)11;1-2-3/h4H,1-2H2;2H,1H2. The van der Waals surface area contributed by atoms with Crippen LogP contribution >= 0.6 is 0 Å². The van der Waals surface area contributed by atoms with Crippen LogP contribution in [0.25, 0.3) is 0 Å². The molecule has 0 saturated heterocycles. The van der Waals surface area contributed by atoms with Gasteiger partial charge in [-0.3, -0.25) is 0 Å². The molecule has 0 aromatic carbocycles. The van der Waals surface area contributed by atoms with Crippen molar-refractivity contribution in [1.82, 2.24) is 0 Å². The lowest BCUT2D eigenvalue weighted by molar-refractivity contribution is -0.330. The number of ether oxygens (including phenoxy) is 1. The average Bonchev–Trinajstić information content (AvgIpc) is 2.13. The second kappa shape index (κ2) is 7.50. The summed E-state index contributed by atoms with van der Waals surface area (Å²) in [5, 5.41) is 0. The molecule has 120 valence electrons. The van der Waals surface area contributed by atoms with Crippen LogP contribution in [-0.2, 0) is 4.74 Å². The maximum atomic E-state index is 12.3. The van der Waals surface area contributed by atoms with E-state index in [1.54, 1.807) is 0 Å². The molecule has 20 heavy (non-hydrogen) atoms. The molecule has 0 heterocycles. The predicted octanol–water partition coefficient (Wildman–Crippen LogP) is 5.06. The van der Waals surface area contributed by atoms with Gasteiger partial charge < -0.3 is 4.74 Å². The van der Waals surface area contributed by atoms with Gasteiger partial charge in [-0.1, -0.05) is 13.2 Å². The molecular weight excluding hydrogens is 314 g/mol. The van der Waals surface area contributed by atoms with Gasteiger partial charge in [-0.2, -0.15) is 35.1 Å². The molecule has 0 fully saturated rings. The topological polar surface area (TPSA) is 9.23 Å². The molecule has 0 amide bonds. The van der Waals surface area contributed by atoms with Crippen molar-refractivity contribution in [2.24, 2.45) is 0 Å². The summed E-state index contributed by atoms with van der Waals surface area (Å²) in [6.45, 7) is 4.66. The highest BCUT2D eigenvalue weighted by atomic mass is 19.4. The van der Waals surface area contributed by atoms with E-state index in [2.05, 4.69) is 11.3 Å². The Morgan fingerprint density at radius 1 is 1.05 bits per heavy atom. The number of rotatable bonds is 4. The molecule has 11 heteroatoms. The third kappa shape index (κ3) is 9.64. The summed E-state index contributed by atoms with van der Waals surface area (Å²) in [5.41, 5.74) is 0. The van der Waals surface area contributed by atoms with Crippen molar-refractivity contribution >= 4 is 0 Å². The molecule has 0 aromatic rings. The van der Waals surface area contributed by atoms with Crippen LogP contribution < -0.4 is 0 Å². The first kappa shape index (κ1) is 21.0. The van der Waals surface area contributed by atoms with Crippen molar-refractivity contribution in [2.45, 2.75) is 31.0 Å². The van der Waals surface area contributed by atoms with E-state index in [0.29, 0.717) is 0 Å². The number of hydrogen-bond donors (Lipinski definition) is 0. The fourth-order valence-electron chi connectivity index (χ4n) is 0.677. The molecule has 0 aliphatic heterocycles. The Labute approximate surface area is 106 Å². The van der Waals surface area contributed by atoms with Gasteiger partial charge in [-0.05, 0) is 0 Å². The monoisotopic (exact) mass is 322 g/mol. The molecule has 0 aromatic heterocycles. The Morgan fingerprint density at radius 3 is 1.60 bits per heavy atom. The summed E-state index contributed by atoms with van der Waals surface area (Å²) >= 11 is 0. The Kier molecular flexibility index (Phi) is 7.90. The maximum absolute atomic E-state index is 12.3. The van der Waals surface area contributed by atoms with E-state index in [0.717, 1.165) is 0 Å². The second-order valence-corrected chi connectivity index (χ2v) is 3.04. The SMILES string of the molecule is C=C(F)C(F)(F)OC(CC(F)(F)F)C(F)(F)F.C=CF. The van der Waals surface area contributed by atoms with Crippen LogP contribution in [0.4, 0.5) is 43.9 Å². The first-order chi connectivity index (χ1) is 8.67. The zero-order valence-electron chi connectivity index (χ0n) is 9.46. The van der Waals surface area contributed by atoms with Crippen LogP contribution in [0, 0.1) is 0 Å². The van der Waals surface area contributed by atoms with Crippen molar-refractivity contribution < 1.29 is 48.6 Å². The van der Waals surface area contributed by atoms with Crippen molar-refractivity contribution in [3.05, 3.63) is 25.3 Å². The molecule has 0 saturated carbocycles. The van der Waals surface area contributed by atoms with Gasteiger partial charge in [0.05, 0.1) is 12.8 Å². The second-order valence-electron chi connectivity index (χ2n) is 3.04. The van der Waals surface area contributed by atoms with E-state index in [-0.39, 0.29) is 6.33 Å². The minimum Gasteiger partial charge on any atom is -0.301 e. The minimum absolute atomic E-state index is 0.250. The van der Waals surface area contributed by atoms with Gasteiger partial charge in [0.15, 0.2) is 11.9 Å². The first-order valence-electron chi connectivity index (χ1n) is 4.42. The molecule has 0 aliphatic carbocycles. The van der Waals surface area contributed by atoms with Gasteiger partial charge in [-0.25, -0.2) is 8.78 Å². The summed E-state index contributed by atoms with van der Waals surface area (Å²) in [6.07, 6.45) is -22.6. The van der Waals surface area contributed by atoms with E-state index in [1.165, 1.54) is 0 Å². The first-order valence-corrected chi connectivity index (χ1v) is 4.42. The summed E-state index contributed by atoms with van der Waals surface area (Å²) < 4.78 is 120. The molecule has 0 bridgehead atoms. The lowest BCUT2D eigenvalue weighted by atomic mass is 10.2. The Hall–Kier alpha value is -1.26. The van der Waals surface area contributed by atoms with Crippen LogP contribution in [0.3, 0.4) is 0 Å². The highest BCUT2D eigenvalue weighted by Gasteiger charge is 2.53. The van der Waals surface area contributed by atoms with Crippen LogP contribution in [-0.4, -0.2) is 24.6 Å². The molecule has 0 aliphatic rings. The highest BCUT2D eigenvalue weighted by molar-refractivity contribution is 4.92. The zero-order valence-corrected chi connectivity index (χ0v) is 9.46. The van der Waals surface area contributed by atoms with E-state index in [4.69, 9.17) is 0 Å². The van der Waals surface area contributed by atoms with E-state index >= 15 is 0 Å². The van der Waals surface area contributed by atoms with Crippen LogP contribution in [0.2, 0.25) is 0 Å².